The zero-order valence-corrected chi connectivity index (χ0v) is 22.1. The predicted octanol–water partition coefficient (Wildman–Crippen LogP) is 4.64. The number of sulfonamides is 1. The van der Waals surface area contributed by atoms with E-state index >= 15 is 0 Å². The van der Waals surface area contributed by atoms with E-state index in [1.54, 1.807) is 24.4 Å². The monoisotopic (exact) mass is 548 g/mol. The summed E-state index contributed by atoms with van der Waals surface area (Å²) in [6, 6.07) is 20.7. The van der Waals surface area contributed by atoms with E-state index in [0.717, 1.165) is 34.6 Å². The lowest BCUT2D eigenvalue weighted by molar-refractivity contribution is -0.384. The number of aromatic nitrogens is 2. The van der Waals surface area contributed by atoms with Gasteiger partial charge >= 0.3 is 0 Å². The number of rotatable bonds is 7. The Morgan fingerprint density at radius 1 is 1.05 bits per heavy atom. The molecule has 2 N–H and O–H groups in total. The Bertz CT molecular complexity index is 1620. The summed E-state index contributed by atoms with van der Waals surface area (Å²) in [5.41, 5.74) is 4.46. The van der Waals surface area contributed by atoms with Crippen LogP contribution in [0.5, 0.6) is 0 Å². The van der Waals surface area contributed by atoms with Gasteiger partial charge in [-0.3, -0.25) is 19.8 Å². The normalized spacial score (nSPS) is 17.3. The number of benzene rings is 2. The molecular weight excluding hydrogens is 524 g/mol. The van der Waals surface area contributed by atoms with Crippen molar-refractivity contribution in [3.05, 3.63) is 112 Å². The molecule has 2 aromatic carbocycles. The maximum absolute atomic E-state index is 11.8. The van der Waals surface area contributed by atoms with Gasteiger partial charge in [-0.2, -0.15) is 0 Å². The number of pyridine rings is 1. The summed E-state index contributed by atoms with van der Waals surface area (Å²) in [6.07, 6.45) is 4.74. The van der Waals surface area contributed by atoms with Crippen molar-refractivity contribution < 1.29 is 13.3 Å². The number of thiocarbonyl (C=S) groups is 1. The lowest BCUT2D eigenvalue weighted by atomic mass is 10.0. The summed E-state index contributed by atoms with van der Waals surface area (Å²) in [4.78, 5) is 17.3. The molecule has 1 aliphatic rings. The Morgan fingerprint density at radius 2 is 1.79 bits per heavy atom. The maximum Gasteiger partial charge on any atom is 0.269 e. The lowest BCUT2D eigenvalue weighted by Gasteiger charge is -2.29. The van der Waals surface area contributed by atoms with Crippen LogP contribution in [0.1, 0.15) is 29.0 Å². The molecule has 12 heteroatoms. The van der Waals surface area contributed by atoms with Crippen molar-refractivity contribution in [2.24, 2.45) is 0 Å². The van der Waals surface area contributed by atoms with Crippen LogP contribution in [0.2, 0.25) is 0 Å². The van der Waals surface area contributed by atoms with Crippen LogP contribution in [0.4, 0.5) is 17.1 Å². The molecule has 0 saturated carbocycles. The van der Waals surface area contributed by atoms with Crippen LogP contribution in [-0.2, 0) is 10.0 Å². The summed E-state index contributed by atoms with van der Waals surface area (Å²) in [5.74, 6) is 0. The zero-order chi connectivity index (χ0) is 27.0. The van der Waals surface area contributed by atoms with Gasteiger partial charge in [0.2, 0.25) is 10.0 Å². The molecule has 3 heterocycles. The van der Waals surface area contributed by atoms with Crippen molar-refractivity contribution in [1.29, 1.82) is 0 Å². The number of nitro benzene ring substituents is 1. The molecule has 10 nitrogen and oxygen atoms in total. The predicted molar refractivity (Wildman–Crippen MR) is 150 cm³/mol. The molecule has 1 aliphatic heterocycles. The maximum atomic E-state index is 11.8. The molecule has 5 rings (SSSR count). The number of nitrogens with one attached hydrogen (secondary N) is 2. The molecule has 0 amide bonds. The highest BCUT2D eigenvalue weighted by Gasteiger charge is 2.42. The van der Waals surface area contributed by atoms with E-state index < -0.39 is 14.9 Å². The molecule has 4 aromatic rings. The molecule has 38 heavy (non-hydrogen) atoms. The fourth-order valence-electron chi connectivity index (χ4n) is 4.65. The van der Waals surface area contributed by atoms with E-state index in [9.17, 15) is 18.5 Å². The van der Waals surface area contributed by atoms with Gasteiger partial charge in [0.15, 0.2) is 5.11 Å². The van der Waals surface area contributed by atoms with E-state index in [-0.39, 0.29) is 17.8 Å². The van der Waals surface area contributed by atoms with Crippen LogP contribution < -0.4 is 14.9 Å². The van der Waals surface area contributed by atoms with Crippen molar-refractivity contribution in [2.45, 2.75) is 19.0 Å². The first-order valence-corrected chi connectivity index (χ1v) is 13.9. The van der Waals surface area contributed by atoms with E-state index in [1.165, 1.54) is 12.1 Å². The van der Waals surface area contributed by atoms with Crippen LogP contribution in [0, 0.1) is 17.0 Å². The Labute approximate surface area is 225 Å². The Balaban J connectivity index is 1.62. The first kappa shape index (κ1) is 25.4. The van der Waals surface area contributed by atoms with Gasteiger partial charge < -0.3 is 14.8 Å². The molecule has 2 atom stereocenters. The minimum atomic E-state index is -3.43. The van der Waals surface area contributed by atoms with Crippen LogP contribution in [0.3, 0.4) is 0 Å². The van der Waals surface area contributed by atoms with Crippen molar-refractivity contribution in [1.82, 2.24) is 14.9 Å². The van der Waals surface area contributed by atoms with Crippen molar-refractivity contribution >= 4 is 44.4 Å². The standard InChI is InChI=1S/C26H24N6O4S2/c1-17-16-20(12-13-21(17)29-38(2,35)36)31-25(24(28-26(31)37)22-6-3-4-14-27-22)23-7-5-15-30(23)18-8-10-19(11-9-18)32(33)34/h3-16,24-25,29H,1-2H3,(H,28,37)/t24-,25+/m1/s1. The fraction of sp³-hybridized carbons (Fsp3) is 0.154. The molecule has 0 spiro atoms. The highest BCUT2D eigenvalue weighted by Crippen LogP contribution is 2.43. The van der Waals surface area contributed by atoms with Gasteiger partial charge in [0.1, 0.15) is 6.04 Å². The fourth-order valence-corrected chi connectivity index (χ4v) is 5.63. The quantitative estimate of drug-likeness (QED) is 0.195. The van der Waals surface area contributed by atoms with Gasteiger partial charge in [-0.1, -0.05) is 6.07 Å². The van der Waals surface area contributed by atoms with Crippen LogP contribution >= 0.6 is 12.2 Å². The van der Waals surface area contributed by atoms with Crippen molar-refractivity contribution in [3.8, 4) is 5.69 Å². The smallest absolute Gasteiger partial charge is 0.269 e. The molecule has 0 bridgehead atoms. The third-order valence-electron chi connectivity index (χ3n) is 6.30. The van der Waals surface area contributed by atoms with E-state index in [2.05, 4.69) is 15.0 Å². The minimum absolute atomic E-state index is 0.0115. The number of anilines is 2. The largest absolute Gasteiger partial charge is 0.351 e. The first-order chi connectivity index (χ1) is 18.1. The number of hydrogen-bond donors (Lipinski definition) is 2. The third kappa shape index (κ3) is 4.95. The second-order valence-electron chi connectivity index (χ2n) is 8.95. The SMILES string of the molecule is Cc1cc(N2C(=S)N[C@H](c3ccccn3)[C@@H]2c2cccn2-c2ccc([N+](=O)[O-])cc2)ccc1NS(C)(=O)=O. The van der Waals surface area contributed by atoms with Gasteiger partial charge in [-0.05, 0) is 79.3 Å². The van der Waals surface area contributed by atoms with E-state index in [4.69, 9.17) is 12.2 Å². The second-order valence-corrected chi connectivity index (χ2v) is 11.1. The second kappa shape index (κ2) is 9.88. The number of hydrogen-bond acceptors (Lipinski definition) is 6. The Morgan fingerprint density at radius 3 is 2.42 bits per heavy atom. The molecule has 0 radical (unpaired) electrons. The summed E-state index contributed by atoms with van der Waals surface area (Å²) in [5, 5.41) is 15.1. The third-order valence-corrected chi connectivity index (χ3v) is 7.21. The van der Waals surface area contributed by atoms with E-state index in [0.29, 0.717) is 10.8 Å². The summed E-state index contributed by atoms with van der Waals surface area (Å²) in [7, 11) is -3.43. The minimum Gasteiger partial charge on any atom is -0.351 e. The molecule has 2 aromatic heterocycles. The highest BCUT2D eigenvalue weighted by molar-refractivity contribution is 7.92. The lowest BCUT2D eigenvalue weighted by Crippen LogP contribution is -2.30. The summed E-state index contributed by atoms with van der Waals surface area (Å²) >= 11 is 5.81. The van der Waals surface area contributed by atoms with Gasteiger partial charge in [-0.15, -0.1) is 0 Å². The average Bonchev–Trinajstić information content (AvgIpc) is 3.49. The van der Waals surface area contributed by atoms with Crippen LogP contribution in [0.25, 0.3) is 5.69 Å². The number of aryl methyl sites for hydroxylation is 1. The van der Waals surface area contributed by atoms with Gasteiger partial charge in [0.25, 0.3) is 5.69 Å². The molecule has 0 aliphatic carbocycles. The van der Waals surface area contributed by atoms with Gasteiger partial charge in [0.05, 0.1) is 28.6 Å². The molecule has 194 valence electrons. The van der Waals surface area contributed by atoms with Crippen molar-refractivity contribution in [3.63, 3.8) is 0 Å². The first-order valence-electron chi connectivity index (χ1n) is 11.6. The summed E-state index contributed by atoms with van der Waals surface area (Å²) < 4.78 is 28.1. The average molecular weight is 549 g/mol. The summed E-state index contributed by atoms with van der Waals surface area (Å²) in [6.45, 7) is 1.83. The molecular formula is C26H24N6O4S2. The molecule has 1 fully saturated rings. The Hall–Kier alpha value is -4.29. The number of non-ortho nitro benzene ring substituents is 1. The van der Waals surface area contributed by atoms with Crippen molar-refractivity contribution in [2.75, 3.05) is 15.9 Å². The number of nitro groups is 1. The number of nitrogens with zero attached hydrogens (tertiary/aromatic N) is 4. The van der Waals surface area contributed by atoms with Crippen LogP contribution in [0.15, 0.2) is 85.2 Å². The highest BCUT2D eigenvalue weighted by atomic mass is 32.2. The Kier molecular flexibility index (Phi) is 6.59. The molecule has 0 unspecified atom stereocenters. The van der Waals surface area contributed by atoms with Gasteiger partial charge in [-0.25, -0.2) is 8.42 Å². The van der Waals surface area contributed by atoms with E-state index in [1.807, 2.05) is 65.1 Å². The zero-order valence-electron chi connectivity index (χ0n) is 20.5. The molecule has 1 saturated heterocycles. The topological polar surface area (TPSA) is 122 Å². The van der Waals surface area contributed by atoms with Gasteiger partial charge in [0, 0.05) is 41.6 Å². The van der Waals surface area contributed by atoms with Crippen LogP contribution in [-0.4, -0.2) is 34.3 Å².